The van der Waals surface area contributed by atoms with Crippen LogP contribution in [-0.4, -0.2) is 55.1 Å². The molecule has 1 saturated carbocycles. The molecule has 2 fully saturated rings. The van der Waals surface area contributed by atoms with Gasteiger partial charge in [0.05, 0.1) is 0 Å². The van der Waals surface area contributed by atoms with Crippen LogP contribution in [0.2, 0.25) is 0 Å². The number of halogens is 3. The van der Waals surface area contributed by atoms with Crippen LogP contribution in [0.25, 0.3) is 0 Å². The Hall–Kier alpha value is -0.910. The summed E-state index contributed by atoms with van der Waals surface area (Å²) in [5, 5.41) is 15.6. The Morgan fingerprint density at radius 2 is 1.77 bits per heavy atom. The smallest absolute Gasteiger partial charge is 0.475 e. The van der Waals surface area contributed by atoms with Crippen LogP contribution in [0, 0.1) is 5.41 Å². The largest absolute Gasteiger partial charge is 0.490 e. The Labute approximate surface area is 126 Å². The molecule has 22 heavy (non-hydrogen) atoms. The van der Waals surface area contributed by atoms with Gasteiger partial charge in [-0.25, -0.2) is 9.93 Å². The quantitative estimate of drug-likeness (QED) is 0.679. The summed E-state index contributed by atoms with van der Waals surface area (Å²) in [5.74, 6) is -2.76. The minimum atomic E-state index is -5.08. The fourth-order valence-electron chi connectivity index (χ4n) is 2.81. The van der Waals surface area contributed by atoms with Crippen LogP contribution in [-0.2, 0) is 15.0 Å². The van der Waals surface area contributed by atoms with Gasteiger partial charge in [0.15, 0.2) is 0 Å². The molecule has 2 aliphatic rings. The molecular formula is C11H20F3N3O4S. The van der Waals surface area contributed by atoms with Crippen molar-refractivity contribution >= 4 is 16.2 Å². The van der Waals surface area contributed by atoms with Crippen LogP contribution in [0.1, 0.15) is 26.7 Å². The maximum Gasteiger partial charge on any atom is 0.490 e. The molecule has 0 atom stereocenters. The number of carbonyl (C=O) groups is 1. The van der Waals surface area contributed by atoms with Gasteiger partial charge in [-0.05, 0) is 32.1 Å². The first-order valence-electron chi connectivity index (χ1n) is 6.61. The van der Waals surface area contributed by atoms with Gasteiger partial charge in [-0.3, -0.25) is 0 Å². The zero-order valence-corrected chi connectivity index (χ0v) is 13.0. The standard InChI is InChI=1S/C9H19N3O2S.C2HF3O2/c1-7(2)12(15(10,13)14)8-3-9(4-8)5-11-6-9;3-2(4,5)1(6)7/h7-8,11H,3-6H2,1-2H3,(H2,10,13,14);(H,6,7). The van der Waals surface area contributed by atoms with Crippen LogP contribution >= 0.6 is 0 Å². The normalized spacial score (nSPS) is 21.1. The van der Waals surface area contributed by atoms with Crippen molar-refractivity contribution in [2.75, 3.05) is 13.1 Å². The summed E-state index contributed by atoms with van der Waals surface area (Å²) in [5.41, 5.74) is 0.377. The Morgan fingerprint density at radius 3 is 1.95 bits per heavy atom. The van der Waals surface area contributed by atoms with Crippen molar-refractivity contribution in [2.24, 2.45) is 10.6 Å². The van der Waals surface area contributed by atoms with E-state index in [2.05, 4.69) is 5.32 Å². The average Bonchev–Trinajstić information content (AvgIpc) is 2.16. The van der Waals surface area contributed by atoms with Crippen molar-refractivity contribution in [3.8, 4) is 0 Å². The minimum absolute atomic E-state index is 0.0459. The number of hydrogen-bond acceptors (Lipinski definition) is 4. The molecule has 2 rings (SSSR count). The van der Waals surface area contributed by atoms with Gasteiger partial charge in [-0.15, -0.1) is 0 Å². The van der Waals surface area contributed by atoms with E-state index in [0.29, 0.717) is 5.41 Å². The molecule has 1 heterocycles. The third-order valence-electron chi connectivity index (χ3n) is 3.74. The predicted molar refractivity (Wildman–Crippen MR) is 72.1 cm³/mol. The lowest BCUT2D eigenvalue weighted by Crippen LogP contribution is -2.67. The summed E-state index contributed by atoms with van der Waals surface area (Å²) in [7, 11) is -3.55. The Balaban J connectivity index is 0.000000295. The number of carboxylic acid groups (broad SMARTS) is 1. The molecule has 1 aliphatic carbocycles. The van der Waals surface area contributed by atoms with Crippen LogP contribution in [0.3, 0.4) is 0 Å². The number of hydrogen-bond donors (Lipinski definition) is 3. The highest BCUT2D eigenvalue weighted by Gasteiger charge is 2.52. The molecule has 0 aromatic heterocycles. The summed E-state index contributed by atoms with van der Waals surface area (Å²) in [4.78, 5) is 8.90. The molecule has 0 aromatic rings. The molecule has 1 aliphatic heterocycles. The Morgan fingerprint density at radius 1 is 1.36 bits per heavy atom. The minimum Gasteiger partial charge on any atom is -0.475 e. The zero-order chi connectivity index (χ0) is 17.3. The summed E-state index contributed by atoms with van der Waals surface area (Å²) in [6, 6.07) is 0.0671. The van der Waals surface area contributed by atoms with E-state index in [0.717, 1.165) is 25.9 Å². The fraction of sp³-hybridized carbons (Fsp3) is 0.909. The highest BCUT2D eigenvalue weighted by molar-refractivity contribution is 7.86. The summed E-state index contributed by atoms with van der Waals surface area (Å²) in [6.45, 7) is 5.79. The monoisotopic (exact) mass is 347 g/mol. The highest BCUT2D eigenvalue weighted by Crippen LogP contribution is 2.47. The van der Waals surface area contributed by atoms with Crippen LogP contribution in [0.5, 0.6) is 0 Å². The lowest BCUT2D eigenvalue weighted by molar-refractivity contribution is -0.192. The first-order chi connectivity index (χ1) is 9.78. The first-order valence-corrected chi connectivity index (χ1v) is 8.11. The molecule has 1 saturated heterocycles. The fourth-order valence-corrected chi connectivity index (χ4v) is 3.96. The average molecular weight is 347 g/mol. The Kier molecular flexibility index (Phi) is 5.48. The van der Waals surface area contributed by atoms with Gasteiger partial charge in [0.25, 0.3) is 10.2 Å². The first kappa shape index (κ1) is 19.1. The zero-order valence-electron chi connectivity index (χ0n) is 12.2. The summed E-state index contributed by atoms with van der Waals surface area (Å²) >= 11 is 0. The number of aliphatic carboxylic acids is 1. The molecule has 0 aromatic carbocycles. The van der Waals surface area contributed by atoms with Gasteiger partial charge in [0, 0.05) is 25.2 Å². The summed E-state index contributed by atoms with van der Waals surface area (Å²) < 4.78 is 56.0. The second-order valence-electron chi connectivity index (χ2n) is 5.94. The van der Waals surface area contributed by atoms with Gasteiger partial charge in [-0.2, -0.15) is 25.9 Å². The van der Waals surface area contributed by atoms with Crippen molar-refractivity contribution in [2.45, 2.75) is 44.9 Å². The molecule has 4 N–H and O–H groups in total. The van der Waals surface area contributed by atoms with Gasteiger partial charge < -0.3 is 10.4 Å². The number of nitrogens with zero attached hydrogens (tertiary/aromatic N) is 1. The second-order valence-corrected chi connectivity index (χ2v) is 7.39. The van der Waals surface area contributed by atoms with Crippen molar-refractivity contribution in [3.63, 3.8) is 0 Å². The molecule has 1 spiro atoms. The van der Waals surface area contributed by atoms with Crippen molar-refractivity contribution < 1.29 is 31.5 Å². The van der Waals surface area contributed by atoms with Crippen molar-refractivity contribution in [1.82, 2.24) is 9.62 Å². The third kappa shape index (κ3) is 4.54. The topological polar surface area (TPSA) is 113 Å². The third-order valence-corrected chi connectivity index (χ3v) is 5.05. The van der Waals surface area contributed by atoms with E-state index >= 15 is 0 Å². The van der Waals surface area contributed by atoms with E-state index in [1.807, 2.05) is 13.8 Å². The van der Waals surface area contributed by atoms with Gasteiger partial charge in [-0.1, -0.05) is 0 Å². The van der Waals surface area contributed by atoms with Gasteiger partial charge >= 0.3 is 12.1 Å². The van der Waals surface area contributed by atoms with Crippen molar-refractivity contribution in [3.05, 3.63) is 0 Å². The molecule has 130 valence electrons. The van der Waals surface area contributed by atoms with E-state index in [1.165, 1.54) is 4.31 Å². The maximum absolute atomic E-state index is 11.4. The molecule has 0 radical (unpaired) electrons. The molecule has 11 heteroatoms. The van der Waals surface area contributed by atoms with E-state index in [-0.39, 0.29) is 12.1 Å². The van der Waals surface area contributed by atoms with E-state index in [4.69, 9.17) is 15.0 Å². The van der Waals surface area contributed by atoms with Gasteiger partial charge in [0.1, 0.15) is 0 Å². The van der Waals surface area contributed by atoms with Gasteiger partial charge in [0.2, 0.25) is 0 Å². The number of carboxylic acids is 1. The second kappa shape index (κ2) is 6.30. The Bertz CT molecular complexity index is 509. The number of alkyl halides is 3. The molecule has 0 bridgehead atoms. The summed E-state index contributed by atoms with van der Waals surface area (Å²) in [6.07, 6.45) is -3.18. The van der Waals surface area contributed by atoms with Crippen LogP contribution in [0.15, 0.2) is 0 Å². The molecule has 7 nitrogen and oxygen atoms in total. The van der Waals surface area contributed by atoms with E-state index in [1.54, 1.807) is 0 Å². The van der Waals surface area contributed by atoms with E-state index in [9.17, 15) is 21.6 Å². The number of rotatable bonds is 3. The SMILES string of the molecule is CC(C)N(C1CC2(CNC2)C1)S(N)(=O)=O.O=C(O)C(F)(F)F. The molecule has 0 unspecified atom stereocenters. The number of nitrogens with one attached hydrogen (secondary N) is 1. The predicted octanol–water partition coefficient (Wildman–Crippen LogP) is 0.286. The maximum atomic E-state index is 11.4. The molecule has 0 amide bonds. The lowest BCUT2D eigenvalue weighted by atomic mass is 9.61. The van der Waals surface area contributed by atoms with Crippen LogP contribution in [0.4, 0.5) is 13.2 Å². The lowest BCUT2D eigenvalue weighted by Gasteiger charge is -2.57. The highest BCUT2D eigenvalue weighted by atomic mass is 32.2. The molecular weight excluding hydrogens is 327 g/mol. The van der Waals surface area contributed by atoms with E-state index < -0.39 is 22.4 Å². The number of nitrogens with two attached hydrogens (primary N) is 1. The van der Waals surface area contributed by atoms with Crippen LogP contribution < -0.4 is 10.5 Å². The van der Waals surface area contributed by atoms with Crippen molar-refractivity contribution in [1.29, 1.82) is 0 Å².